The van der Waals surface area contributed by atoms with Crippen LogP contribution in [0, 0.1) is 0 Å². The van der Waals surface area contributed by atoms with E-state index in [0.29, 0.717) is 5.56 Å². The van der Waals surface area contributed by atoms with Crippen LogP contribution >= 0.6 is 0 Å². The Morgan fingerprint density at radius 2 is 2.14 bits per heavy atom. The van der Waals surface area contributed by atoms with Gasteiger partial charge in [-0.25, -0.2) is 4.79 Å². The molecular formula is C8H10N2O4. The van der Waals surface area contributed by atoms with Crippen molar-refractivity contribution in [2.45, 2.75) is 6.42 Å². The molecule has 1 heterocycles. The molecule has 0 aliphatic carbocycles. The summed E-state index contributed by atoms with van der Waals surface area (Å²) in [6, 6.07) is 0. The molecule has 76 valence electrons. The maximum atomic E-state index is 11.1. The number of hydrogen-bond acceptors (Lipinski definition) is 5. The number of methoxy groups -OCH3 is 2. The molecule has 6 nitrogen and oxygen atoms in total. The predicted molar refractivity (Wildman–Crippen MR) is 45.6 cm³/mol. The number of carbonyl (C=O) groups is 2. The van der Waals surface area contributed by atoms with Crippen molar-refractivity contribution >= 4 is 11.9 Å². The fourth-order valence-electron chi connectivity index (χ4n) is 0.952. The fraction of sp³-hybridized carbons (Fsp3) is 0.375. The number of hydrogen-bond donors (Lipinski definition) is 1. The molecule has 0 aliphatic rings. The first-order chi connectivity index (χ1) is 6.69. The van der Waals surface area contributed by atoms with Crippen molar-refractivity contribution in [3.8, 4) is 0 Å². The van der Waals surface area contributed by atoms with Crippen LogP contribution in [-0.2, 0) is 20.7 Å². The number of esters is 2. The van der Waals surface area contributed by atoms with Crippen LogP contribution in [0.5, 0.6) is 0 Å². The van der Waals surface area contributed by atoms with E-state index in [0.717, 1.165) is 0 Å². The van der Waals surface area contributed by atoms with E-state index in [1.807, 2.05) is 0 Å². The number of carbonyl (C=O) groups excluding carboxylic acids is 2. The molecule has 0 fully saturated rings. The molecule has 0 aliphatic heterocycles. The van der Waals surface area contributed by atoms with Crippen LogP contribution in [0.4, 0.5) is 0 Å². The van der Waals surface area contributed by atoms with Gasteiger partial charge in [0.15, 0.2) is 0 Å². The molecule has 0 spiro atoms. The Labute approximate surface area is 80.2 Å². The molecule has 0 aromatic carbocycles. The maximum Gasteiger partial charge on any atom is 0.356 e. The van der Waals surface area contributed by atoms with E-state index in [-0.39, 0.29) is 12.1 Å². The van der Waals surface area contributed by atoms with E-state index >= 15 is 0 Å². The average molecular weight is 198 g/mol. The second kappa shape index (κ2) is 4.40. The van der Waals surface area contributed by atoms with Crippen molar-refractivity contribution in [2.75, 3.05) is 14.2 Å². The highest BCUT2D eigenvalue weighted by Crippen LogP contribution is 2.07. The van der Waals surface area contributed by atoms with Crippen LogP contribution in [0.3, 0.4) is 0 Å². The Morgan fingerprint density at radius 3 is 2.71 bits per heavy atom. The summed E-state index contributed by atoms with van der Waals surface area (Å²) in [6.07, 6.45) is 1.39. The monoisotopic (exact) mass is 198 g/mol. The van der Waals surface area contributed by atoms with Gasteiger partial charge in [0, 0.05) is 5.56 Å². The molecule has 0 saturated heterocycles. The SMILES string of the molecule is COC(=O)Cc1cn[nH]c1C(=O)OC. The Bertz CT molecular complexity index is 345. The molecule has 0 saturated carbocycles. The second-order valence-corrected chi connectivity index (χ2v) is 2.51. The Hall–Kier alpha value is -1.85. The smallest absolute Gasteiger partial charge is 0.356 e. The Kier molecular flexibility index (Phi) is 3.22. The normalized spacial score (nSPS) is 9.57. The van der Waals surface area contributed by atoms with Gasteiger partial charge >= 0.3 is 11.9 Å². The number of nitrogens with zero attached hydrogens (tertiary/aromatic N) is 1. The summed E-state index contributed by atoms with van der Waals surface area (Å²) in [5.41, 5.74) is 0.640. The van der Waals surface area contributed by atoms with Crippen molar-refractivity contribution in [1.82, 2.24) is 10.2 Å². The largest absolute Gasteiger partial charge is 0.469 e. The minimum atomic E-state index is -0.554. The molecule has 0 bridgehead atoms. The van der Waals surface area contributed by atoms with E-state index in [2.05, 4.69) is 19.7 Å². The zero-order valence-corrected chi connectivity index (χ0v) is 7.86. The predicted octanol–water partition coefficient (Wildman–Crippen LogP) is -0.0882. The molecule has 0 unspecified atom stereocenters. The van der Waals surface area contributed by atoms with E-state index in [1.54, 1.807) is 0 Å². The van der Waals surface area contributed by atoms with Crippen molar-refractivity contribution in [3.05, 3.63) is 17.5 Å². The van der Waals surface area contributed by atoms with Crippen LogP contribution in [0.2, 0.25) is 0 Å². The second-order valence-electron chi connectivity index (χ2n) is 2.51. The van der Waals surface area contributed by atoms with Crippen molar-refractivity contribution in [3.63, 3.8) is 0 Å². The molecule has 0 atom stereocenters. The maximum absolute atomic E-state index is 11.1. The summed E-state index contributed by atoms with van der Waals surface area (Å²) in [5.74, 6) is -0.988. The highest BCUT2D eigenvalue weighted by molar-refractivity contribution is 5.90. The van der Waals surface area contributed by atoms with Crippen LogP contribution in [0.25, 0.3) is 0 Å². The van der Waals surface area contributed by atoms with Gasteiger partial charge in [0.05, 0.1) is 26.8 Å². The number of ether oxygens (including phenoxy) is 2. The first kappa shape index (κ1) is 10.2. The first-order valence-corrected chi connectivity index (χ1v) is 3.86. The molecule has 1 rings (SSSR count). The zero-order valence-electron chi connectivity index (χ0n) is 7.86. The van der Waals surface area contributed by atoms with Gasteiger partial charge in [-0.3, -0.25) is 9.89 Å². The number of rotatable bonds is 3. The minimum Gasteiger partial charge on any atom is -0.469 e. The number of aromatic amines is 1. The molecule has 1 N–H and O–H groups in total. The van der Waals surface area contributed by atoms with Crippen molar-refractivity contribution in [1.29, 1.82) is 0 Å². The lowest BCUT2D eigenvalue weighted by atomic mass is 10.2. The summed E-state index contributed by atoms with van der Waals surface area (Å²) >= 11 is 0. The molecular weight excluding hydrogens is 188 g/mol. The van der Waals surface area contributed by atoms with Crippen LogP contribution in [-0.4, -0.2) is 36.4 Å². The average Bonchev–Trinajstić information content (AvgIpc) is 2.64. The van der Waals surface area contributed by atoms with Crippen LogP contribution < -0.4 is 0 Å². The topological polar surface area (TPSA) is 81.3 Å². The van der Waals surface area contributed by atoms with Gasteiger partial charge in [-0.2, -0.15) is 5.10 Å². The quantitative estimate of drug-likeness (QED) is 0.686. The minimum absolute atomic E-state index is 0.00255. The summed E-state index contributed by atoms with van der Waals surface area (Å²) in [6.45, 7) is 0. The van der Waals surface area contributed by atoms with E-state index < -0.39 is 11.9 Å². The number of H-pyrrole nitrogens is 1. The molecule has 0 amide bonds. The van der Waals surface area contributed by atoms with Gasteiger partial charge in [0.2, 0.25) is 0 Å². The van der Waals surface area contributed by atoms with Gasteiger partial charge in [0.1, 0.15) is 5.69 Å². The number of aromatic nitrogens is 2. The van der Waals surface area contributed by atoms with Crippen LogP contribution in [0.15, 0.2) is 6.20 Å². The van der Waals surface area contributed by atoms with E-state index in [9.17, 15) is 9.59 Å². The summed E-state index contributed by atoms with van der Waals surface area (Å²) in [7, 11) is 2.53. The lowest BCUT2D eigenvalue weighted by Gasteiger charge is -1.99. The lowest BCUT2D eigenvalue weighted by molar-refractivity contribution is -0.139. The van der Waals surface area contributed by atoms with Gasteiger partial charge in [-0.05, 0) is 0 Å². The molecule has 6 heteroatoms. The molecule has 1 aromatic rings. The van der Waals surface area contributed by atoms with Gasteiger partial charge in [-0.1, -0.05) is 0 Å². The van der Waals surface area contributed by atoms with E-state index in [4.69, 9.17) is 0 Å². The Balaban J connectivity index is 2.82. The third-order valence-corrected chi connectivity index (χ3v) is 1.67. The van der Waals surface area contributed by atoms with E-state index in [1.165, 1.54) is 20.4 Å². The first-order valence-electron chi connectivity index (χ1n) is 3.86. The zero-order chi connectivity index (χ0) is 10.6. The summed E-state index contributed by atoms with van der Waals surface area (Å²) in [4.78, 5) is 22.0. The highest BCUT2D eigenvalue weighted by atomic mass is 16.5. The van der Waals surface area contributed by atoms with Crippen LogP contribution in [0.1, 0.15) is 16.1 Å². The van der Waals surface area contributed by atoms with Crippen molar-refractivity contribution < 1.29 is 19.1 Å². The third-order valence-electron chi connectivity index (χ3n) is 1.67. The number of nitrogens with one attached hydrogen (secondary N) is 1. The molecule has 14 heavy (non-hydrogen) atoms. The molecule has 0 radical (unpaired) electrons. The van der Waals surface area contributed by atoms with Gasteiger partial charge in [0.25, 0.3) is 0 Å². The third kappa shape index (κ3) is 2.09. The van der Waals surface area contributed by atoms with Gasteiger partial charge in [-0.15, -0.1) is 0 Å². The highest BCUT2D eigenvalue weighted by Gasteiger charge is 2.16. The fourth-order valence-corrected chi connectivity index (χ4v) is 0.952. The summed E-state index contributed by atoms with van der Waals surface area (Å²) in [5, 5.41) is 6.10. The lowest BCUT2D eigenvalue weighted by Crippen LogP contribution is -2.10. The van der Waals surface area contributed by atoms with Gasteiger partial charge < -0.3 is 9.47 Å². The van der Waals surface area contributed by atoms with Crippen molar-refractivity contribution in [2.24, 2.45) is 0 Å². The summed E-state index contributed by atoms with van der Waals surface area (Å²) < 4.78 is 8.95. The Morgan fingerprint density at radius 1 is 1.43 bits per heavy atom. The molecule has 1 aromatic heterocycles. The standard InChI is InChI=1S/C8H10N2O4/c1-13-6(11)3-5-4-9-10-7(5)8(12)14-2/h4H,3H2,1-2H3,(H,9,10).